The van der Waals surface area contributed by atoms with Crippen molar-refractivity contribution in [1.82, 2.24) is 0 Å². The molecule has 0 bridgehead atoms. The highest BCUT2D eigenvalue weighted by Gasteiger charge is 1.75. The first kappa shape index (κ1) is 14.4. The van der Waals surface area contributed by atoms with Gasteiger partial charge in [0, 0.05) is 0 Å². The molecule has 0 amide bonds. The maximum atomic E-state index is 5.03. The third-order valence-electron chi connectivity index (χ3n) is 1.32. The Morgan fingerprint density at radius 3 is 2.00 bits per heavy atom. The molecule has 0 saturated heterocycles. The predicted octanol–water partition coefficient (Wildman–Crippen LogP) is 3.32. The fraction of sp³-hybridized carbons (Fsp3) is 0.333. The lowest BCUT2D eigenvalue weighted by molar-refractivity contribution is 0.932. The molecule has 0 atom stereocenters. The Bertz CT molecular complexity index is 190. The third kappa shape index (κ3) is 8.83. The molecule has 0 aromatic heterocycles. The van der Waals surface area contributed by atoms with Crippen LogP contribution in [0.1, 0.15) is 26.3 Å². The van der Waals surface area contributed by atoms with Crippen molar-refractivity contribution < 1.29 is 0 Å². The SMILES string of the molecule is C.C=Cc1ccccc1.CCCN. The van der Waals surface area contributed by atoms with Gasteiger partial charge in [0.05, 0.1) is 0 Å². The lowest BCUT2D eigenvalue weighted by atomic mass is 10.2. The van der Waals surface area contributed by atoms with Gasteiger partial charge in [0.1, 0.15) is 0 Å². The second kappa shape index (κ2) is 10.9. The summed E-state index contributed by atoms with van der Waals surface area (Å²) in [6, 6.07) is 10.0. The molecule has 0 radical (unpaired) electrons. The number of hydrogen-bond donors (Lipinski definition) is 1. The van der Waals surface area contributed by atoms with E-state index in [4.69, 9.17) is 5.73 Å². The van der Waals surface area contributed by atoms with Crippen LogP contribution in [0.5, 0.6) is 0 Å². The van der Waals surface area contributed by atoms with Gasteiger partial charge >= 0.3 is 0 Å². The molecule has 1 rings (SSSR count). The van der Waals surface area contributed by atoms with Gasteiger partial charge in [0.15, 0.2) is 0 Å². The van der Waals surface area contributed by atoms with Gasteiger partial charge in [-0.3, -0.25) is 0 Å². The minimum atomic E-state index is 0. The Kier molecular flexibility index (Phi) is 12.1. The van der Waals surface area contributed by atoms with Gasteiger partial charge in [-0.15, -0.1) is 0 Å². The number of rotatable bonds is 2. The quantitative estimate of drug-likeness (QED) is 0.740. The predicted molar refractivity (Wildman–Crippen MR) is 62.6 cm³/mol. The van der Waals surface area contributed by atoms with Crippen LogP contribution in [0.2, 0.25) is 0 Å². The summed E-state index contributed by atoms with van der Waals surface area (Å²) in [4.78, 5) is 0. The monoisotopic (exact) mass is 179 g/mol. The molecule has 74 valence electrons. The van der Waals surface area contributed by atoms with Crippen molar-refractivity contribution in [2.75, 3.05) is 6.54 Å². The summed E-state index contributed by atoms with van der Waals surface area (Å²) in [5.41, 5.74) is 6.20. The molecule has 0 spiro atoms. The molecule has 0 fully saturated rings. The summed E-state index contributed by atoms with van der Waals surface area (Å²) < 4.78 is 0. The van der Waals surface area contributed by atoms with Crippen LogP contribution in [0.3, 0.4) is 0 Å². The Morgan fingerprint density at radius 1 is 1.31 bits per heavy atom. The highest BCUT2D eigenvalue weighted by Crippen LogP contribution is 1.97. The van der Waals surface area contributed by atoms with E-state index < -0.39 is 0 Å². The fourth-order valence-electron chi connectivity index (χ4n) is 0.589. The van der Waals surface area contributed by atoms with E-state index in [1.807, 2.05) is 36.4 Å². The number of hydrogen-bond acceptors (Lipinski definition) is 1. The van der Waals surface area contributed by atoms with Gasteiger partial charge in [0.25, 0.3) is 0 Å². The highest BCUT2D eigenvalue weighted by molar-refractivity contribution is 5.45. The summed E-state index contributed by atoms with van der Waals surface area (Å²) in [6.45, 7) is 6.51. The Labute approximate surface area is 82.3 Å². The highest BCUT2D eigenvalue weighted by atomic mass is 14.5. The number of benzene rings is 1. The van der Waals surface area contributed by atoms with Crippen molar-refractivity contribution >= 4 is 6.08 Å². The van der Waals surface area contributed by atoms with Crippen LogP contribution in [0.25, 0.3) is 6.08 Å². The van der Waals surface area contributed by atoms with Crippen molar-refractivity contribution in [3.63, 3.8) is 0 Å². The van der Waals surface area contributed by atoms with Gasteiger partial charge in [-0.1, -0.05) is 57.3 Å². The summed E-state index contributed by atoms with van der Waals surface area (Å²) in [6.07, 6.45) is 2.93. The van der Waals surface area contributed by atoms with Gasteiger partial charge < -0.3 is 5.73 Å². The first-order valence-corrected chi connectivity index (χ1v) is 4.22. The summed E-state index contributed by atoms with van der Waals surface area (Å²) in [7, 11) is 0. The van der Waals surface area contributed by atoms with Crippen LogP contribution in [0.15, 0.2) is 36.9 Å². The van der Waals surface area contributed by atoms with Crippen LogP contribution in [-0.4, -0.2) is 6.54 Å². The van der Waals surface area contributed by atoms with E-state index in [-0.39, 0.29) is 7.43 Å². The van der Waals surface area contributed by atoms with Crippen molar-refractivity contribution in [3.05, 3.63) is 42.5 Å². The van der Waals surface area contributed by atoms with E-state index in [9.17, 15) is 0 Å². The minimum Gasteiger partial charge on any atom is -0.330 e. The first-order valence-electron chi connectivity index (χ1n) is 4.22. The first-order chi connectivity index (χ1) is 5.85. The molecule has 1 aromatic carbocycles. The second-order valence-electron chi connectivity index (χ2n) is 2.40. The second-order valence-corrected chi connectivity index (χ2v) is 2.40. The van der Waals surface area contributed by atoms with Crippen LogP contribution >= 0.6 is 0 Å². The molecule has 0 saturated carbocycles. The van der Waals surface area contributed by atoms with E-state index in [1.54, 1.807) is 0 Å². The Morgan fingerprint density at radius 2 is 1.77 bits per heavy atom. The summed E-state index contributed by atoms with van der Waals surface area (Å²) in [5.74, 6) is 0. The maximum absolute atomic E-state index is 5.03. The van der Waals surface area contributed by atoms with Gasteiger partial charge in [0.2, 0.25) is 0 Å². The molecule has 1 aromatic rings. The molecular formula is C12H21N. The lowest BCUT2D eigenvalue weighted by Crippen LogP contribution is -1.93. The van der Waals surface area contributed by atoms with Gasteiger partial charge in [-0.2, -0.15) is 0 Å². The zero-order valence-electron chi connectivity index (χ0n) is 7.66. The molecule has 0 aliphatic carbocycles. The fourth-order valence-corrected chi connectivity index (χ4v) is 0.589. The smallest absolute Gasteiger partial charge is 0.00799 e. The van der Waals surface area contributed by atoms with E-state index in [1.165, 1.54) is 5.56 Å². The molecule has 1 heteroatoms. The summed E-state index contributed by atoms with van der Waals surface area (Å²) in [5, 5.41) is 0. The van der Waals surface area contributed by atoms with Crippen molar-refractivity contribution in [2.24, 2.45) is 5.73 Å². The Balaban J connectivity index is 0. The molecule has 0 aliphatic heterocycles. The van der Waals surface area contributed by atoms with Crippen LogP contribution < -0.4 is 5.73 Å². The molecular weight excluding hydrogens is 158 g/mol. The van der Waals surface area contributed by atoms with Crippen molar-refractivity contribution in [2.45, 2.75) is 20.8 Å². The topological polar surface area (TPSA) is 26.0 Å². The molecule has 1 nitrogen and oxygen atoms in total. The lowest BCUT2D eigenvalue weighted by Gasteiger charge is -1.85. The van der Waals surface area contributed by atoms with Crippen LogP contribution in [0.4, 0.5) is 0 Å². The third-order valence-corrected chi connectivity index (χ3v) is 1.32. The molecule has 0 heterocycles. The van der Waals surface area contributed by atoms with E-state index in [0.717, 1.165) is 13.0 Å². The van der Waals surface area contributed by atoms with Gasteiger partial charge in [-0.05, 0) is 18.5 Å². The molecule has 2 N–H and O–H groups in total. The summed E-state index contributed by atoms with van der Waals surface area (Å²) >= 11 is 0. The standard InChI is InChI=1S/C8H8.C3H9N.CH4/c1-2-8-6-4-3-5-7-8;1-2-3-4;/h2-7H,1H2;2-4H2,1H3;1H4. The maximum Gasteiger partial charge on any atom is -0.00799 e. The normalized spacial score (nSPS) is 7.54. The average molecular weight is 179 g/mol. The average Bonchev–Trinajstić information content (AvgIpc) is 2.19. The van der Waals surface area contributed by atoms with Crippen molar-refractivity contribution in [3.8, 4) is 0 Å². The van der Waals surface area contributed by atoms with E-state index in [2.05, 4.69) is 13.5 Å². The molecule has 0 unspecified atom stereocenters. The largest absolute Gasteiger partial charge is 0.330 e. The van der Waals surface area contributed by atoms with Crippen LogP contribution in [-0.2, 0) is 0 Å². The van der Waals surface area contributed by atoms with Crippen molar-refractivity contribution in [1.29, 1.82) is 0 Å². The number of nitrogens with two attached hydrogens (primary N) is 1. The van der Waals surface area contributed by atoms with Gasteiger partial charge in [-0.25, -0.2) is 0 Å². The molecule has 13 heavy (non-hydrogen) atoms. The minimum absolute atomic E-state index is 0. The van der Waals surface area contributed by atoms with E-state index in [0.29, 0.717) is 0 Å². The molecule has 0 aliphatic rings. The Hall–Kier alpha value is -1.08. The van der Waals surface area contributed by atoms with E-state index >= 15 is 0 Å². The zero-order chi connectivity index (χ0) is 9.23. The van der Waals surface area contributed by atoms with Crippen LogP contribution in [0, 0.1) is 0 Å². The zero-order valence-corrected chi connectivity index (χ0v) is 7.66.